The summed E-state index contributed by atoms with van der Waals surface area (Å²) in [6.07, 6.45) is 2.49. The normalized spacial score (nSPS) is 14.6. The van der Waals surface area contributed by atoms with Gasteiger partial charge >= 0.3 is 0 Å². The highest BCUT2D eigenvalue weighted by Gasteiger charge is 2.24. The molecule has 0 aliphatic carbocycles. The first-order chi connectivity index (χ1) is 14.0. The molecule has 0 saturated carbocycles. The van der Waals surface area contributed by atoms with Crippen LogP contribution in [-0.2, 0) is 6.54 Å². The molecule has 154 valence electrons. The maximum atomic E-state index is 12.9. The largest absolute Gasteiger partial charge is 0.337 e. The molecule has 29 heavy (non-hydrogen) atoms. The molecule has 2 aromatic rings. The summed E-state index contributed by atoms with van der Waals surface area (Å²) in [6, 6.07) is 10.5. The Morgan fingerprint density at radius 2 is 1.72 bits per heavy atom. The standard InChI is InChI=1S/C22H28N4O3/c1-3-4-13-26-20(27)10-9-19(23-26)22(29)25-12-6-11-24(14-15-25)21(28)18-8-5-7-17(2)16-18/h5,7-10,16H,3-4,6,11-15H2,1-2H3. The lowest BCUT2D eigenvalue weighted by atomic mass is 10.1. The fourth-order valence-corrected chi connectivity index (χ4v) is 3.48. The smallest absolute Gasteiger partial charge is 0.274 e. The molecule has 0 atom stereocenters. The lowest BCUT2D eigenvalue weighted by molar-refractivity contribution is 0.0714. The van der Waals surface area contributed by atoms with Gasteiger partial charge in [0.25, 0.3) is 17.4 Å². The van der Waals surface area contributed by atoms with E-state index < -0.39 is 0 Å². The van der Waals surface area contributed by atoms with E-state index in [1.165, 1.54) is 16.8 Å². The van der Waals surface area contributed by atoms with Crippen LogP contribution in [0.4, 0.5) is 0 Å². The predicted molar refractivity (Wildman–Crippen MR) is 111 cm³/mol. The molecule has 7 nitrogen and oxygen atoms in total. The van der Waals surface area contributed by atoms with Gasteiger partial charge < -0.3 is 9.80 Å². The lowest BCUT2D eigenvalue weighted by Gasteiger charge is -2.22. The molecule has 0 spiro atoms. The van der Waals surface area contributed by atoms with Crippen LogP contribution in [0.1, 0.15) is 52.6 Å². The summed E-state index contributed by atoms with van der Waals surface area (Å²) in [5.41, 5.74) is 1.81. The molecule has 0 N–H and O–H groups in total. The number of benzene rings is 1. The van der Waals surface area contributed by atoms with Crippen LogP contribution >= 0.6 is 0 Å². The number of amides is 2. The van der Waals surface area contributed by atoms with Gasteiger partial charge in [-0.3, -0.25) is 14.4 Å². The molecule has 7 heteroatoms. The zero-order valence-corrected chi connectivity index (χ0v) is 17.1. The number of carbonyl (C=O) groups excluding carboxylic acids is 2. The molecule has 1 saturated heterocycles. The van der Waals surface area contributed by atoms with E-state index in [0.717, 1.165) is 18.4 Å². The highest BCUT2D eigenvalue weighted by molar-refractivity contribution is 5.95. The van der Waals surface area contributed by atoms with Gasteiger partial charge in [-0.25, -0.2) is 4.68 Å². The fraction of sp³-hybridized carbons (Fsp3) is 0.455. The second-order valence-electron chi connectivity index (χ2n) is 7.44. The van der Waals surface area contributed by atoms with E-state index in [1.807, 2.05) is 38.1 Å². The zero-order chi connectivity index (χ0) is 20.8. The molecule has 1 aliphatic heterocycles. The average Bonchev–Trinajstić information content (AvgIpc) is 2.98. The van der Waals surface area contributed by atoms with Gasteiger partial charge in [-0.2, -0.15) is 5.10 Å². The summed E-state index contributed by atoms with van der Waals surface area (Å²) in [5, 5.41) is 4.26. The Kier molecular flexibility index (Phi) is 6.80. The number of hydrogen-bond donors (Lipinski definition) is 0. The van der Waals surface area contributed by atoms with Crippen LogP contribution in [0.15, 0.2) is 41.2 Å². The van der Waals surface area contributed by atoms with Crippen LogP contribution in [-0.4, -0.2) is 57.6 Å². The van der Waals surface area contributed by atoms with Crippen molar-refractivity contribution in [3.8, 4) is 0 Å². The van der Waals surface area contributed by atoms with E-state index in [9.17, 15) is 14.4 Å². The Morgan fingerprint density at radius 1 is 1.00 bits per heavy atom. The number of aryl methyl sites for hydroxylation is 2. The van der Waals surface area contributed by atoms with E-state index >= 15 is 0 Å². The minimum absolute atomic E-state index is 0.00533. The summed E-state index contributed by atoms with van der Waals surface area (Å²) < 4.78 is 1.36. The molecular formula is C22H28N4O3. The maximum absolute atomic E-state index is 12.9. The molecule has 3 rings (SSSR count). The number of aromatic nitrogens is 2. The van der Waals surface area contributed by atoms with E-state index in [2.05, 4.69) is 5.10 Å². The molecule has 2 amide bonds. The Hall–Kier alpha value is -2.96. The van der Waals surface area contributed by atoms with Gasteiger partial charge in [-0.05, 0) is 38.0 Å². The lowest BCUT2D eigenvalue weighted by Crippen LogP contribution is -2.38. The quantitative estimate of drug-likeness (QED) is 0.777. The Bertz CT molecular complexity index is 938. The number of unbranched alkanes of at least 4 members (excludes halogenated alkanes) is 1. The first kappa shape index (κ1) is 20.8. The number of hydrogen-bond acceptors (Lipinski definition) is 4. The first-order valence-electron chi connectivity index (χ1n) is 10.2. The summed E-state index contributed by atoms with van der Waals surface area (Å²) >= 11 is 0. The van der Waals surface area contributed by atoms with Gasteiger partial charge in [0.05, 0.1) is 0 Å². The summed E-state index contributed by atoms with van der Waals surface area (Å²) in [6.45, 7) is 6.62. The predicted octanol–water partition coefficient (Wildman–Crippen LogP) is 2.34. The van der Waals surface area contributed by atoms with E-state index in [0.29, 0.717) is 44.7 Å². The number of rotatable bonds is 5. The second kappa shape index (κ2) is 9.49. The third kappa shape index (κ3) is 5.10. The van der Waals surface area contributed by atoms with Crippen LogP contribution in [0.25, 0.3) is 0 Å². The van der Waals surface area contributed by atoms with Crippen molar-refractivity contribution < 1.29 is 9.59 Å². The third-order valence-electron chi connectivity index (χ3n) is 5.14. The number of carbonyl (C=O) groups is 2. The van der Waals surface area contributed by atoms with Crippen molar-refractivity contribution in [3.05, 3.63) is 63.6 Å². The first-order valence-corrected chi connectivity index (χ1v) is 10.2. The Morgan fingerprint density at radius 3 is 2.41 bits per heavy atom. The molecule has 0 unspecified atom stereocenters. The highest BCUT2D eigenvalue weighted by Crippen LogP contribution is 2.12. The van der Waals surface area contributed by atoms with Crippen molar-refractivity contribution in [2.75, 3.05) is 26.2 Å². The molecule has 0 radical (unpaired) electrons. The third-order valence-corrected chi connectivity index (χ3v) is 5.14. The van der Waals surface area contributed by atoms with Crippen LogP contribution < -0.4 is 5.56 Å². The van der Waals surface area contributed by atoms with Gasteiger partial charge in [-0.15, -0.1) is 0 Å². The van der Waals surface area contributed by atoms with Crippen molar-refractivity contribution in [1.29, 1.82) is 0 Å². The monoisotopic (exact) mass is 396 g/mol. The fourth-order valence-electron chi connectivity index (χ4n) is 3.48. The van der Waals surface area contributed by atoms with Gasteiger partial charge in [0.2, 0.25) is 0 Å². The van der Waals surface area contributed by atoms with Gasteiger partial charge in [0, 0.05) is 44.4 Å². The Labute approximate surface area is 170 Å². The number of nitrogens with zero attached hydrogens (tertiary/aromatic N) is 4. The molecule has 2 heterocycles. The topological polar surface area (TPSA) is 75.5 Å². The van der Waals surface area contributed by atoms with E-state index in [4.69, 9.17) is 0 Å². The summed E-state index contributed by atoms with van der Waals surface area (Å²) in [7, 11) is 0. The summed E-state index contributed by atoms with van der Waals surface area (Å²) in [4.78, 5) is 41.2. The Balaban J connectivity index is 1.68. The highest BCUT2D eigenvalue weighted by atomic mass is 16.2. The van der Waals surface area contributed by atoms with Crippen LogP contribution in [0.3, 0.4) is 0 Å². The molecule has 1 aromatic carbocycles. The molecule has 1 aliphatic rings. The minimum Gasteiger partial charge on any atom is -0.337 e. The van der Waals surface area contributed by atoms with Gasteiger partial charge in [0.15, 0.2) is 0 Å². The van der Waals surface area contributed by atoms with E-state index in [-0.39, 0.29) is 23.1 Å². The van der Waals surface area contributed by atoms with Crippen molar-refractivity contribution in [1.82, 2.24) is 19.6 Å². The van der Waals surface area contributed by atoms with Gasteiger partial charge in [0.1, 0.15) is 5.69 Å². The van der Waals surface area contributed by atoms with Crippen molar-refractivity contribution in [2.45, 2.75) is 39.7 Å². The van der Waals surface area contributed by atoms with Crippen molar-refractivity contribution in [2.24, 2.45) is 0 Å². The van der Waals surface area contributed by atoms with Crippen LogP contribution in [0.5, 0.6) is 0 Å². The maximum Gasteiger partial charge on any atom is 0.274 e. The minimum atomic E-state index is -0.194. The molecule has 1 aromatic heterocycles. The van der Waals surface area contributed by atoms with E-state index in [1.54, 1.807) is 9.80 Å². The average molecular weight is 396 g/mol. The molecule has 0 bridgehead atoms. The van der Waals surface area contributed by atoms with Crippen molar-refractivity contribution in [3.63, 3.8) is 0 Å². The SMILES string of the molecule is CCCCn1nc(C(=O)N2CCCN(C(=O)c3cccc(C)c3)CC2)ccc1=O. The van der Waals surface area contributed by atoms with Crippen LogP contribution in [0.2, 0.25) is 0 Å². The molecular weight excluding hydrogens is 368 g/mol. The van der Waals surface area contributed by atoms with Crippen molar-refractivity contribution >= 4 is 11.8 Å². The zero-order valence-electron chi connectivity index (χ0n) is 17.1. The summed E-state index contributed by atoms with van der Waals surface area (Å²) in [5.74, 6) is -0.200. The van der Waals surface area contributed by atoms with Gasteiger partial charge in [-0.1, -0.05) is 31.0 Å². The molecule has 1 fully saturated rings. The van der Waals surface area contributed by atoms with Crippen LogP contribution in [0, 0.1) is 6.92 Å². The second-order valence-corrected chi connectivity index (χ2v) is 7.44.